The van der Waals surface area contributed by atoms with Crippen LogP contribution in [0.5, 0.6) is 0 Å². The molecule has 1 aliphatic heterocycles. The van der Waals surface area contributed by atoms with Gasteiger partial charge in [0.2, 0.25) is 0 Å². The summed E-state index contributed by atoms with van der Waals surface area (Å²) in [7, 11) is 0. The Morgan fingerprint density at radius 1 is 0.806 bits per heavy atom. The van der Waals surface area contributed by atoms with E-state index < -0.39 is 0 Å². The van der Waals surface area contributed by atoms with Crippen LogP contribution in [0.15, 0.2) is 96.5 Å². The van der Waals surface area contributed by atoms with Crippen molar-refractivity contribution in [3.05, 3.63) is 103 Å². The third kappa shape index (κ3) is 4.80. The van der Waals surface area contributed by atoms with Crippen molar-refractivity contribution in [3.63, 3.8) is 0 Å². The van der Waals surface area contributed by atoms with E-state index in [1.807, 2.05) is 44.4 Å². The van der Waals surface area contributed by atoms with Crippen molar-refractivity contribution >= 4 is 44.2 Å². The molecule has 4 aromatic rings. The molecule has 31 heavy (non-hydrogen) atoms. The van der Waals surface area contributed by atoms with Crippen LogP contribution in [0, 0.1) is 5.82 Å². The third-order valence-electron chi connectivity index (χ3n) is 5.02. The van der Waals surface area contributed by atoms with Gasteiger partial charge in [-0.3, -0.25) is 4.99 Å². The summed E-state index contributed by atoms with van der Waals surface area (Å²) < 4.78 is 13.4. The fourth-order valence-corrected chi connectivity index (χ4v) is 3.54. The standard InChI is InChI=1S/C19H10FN.C8H12.C2H6/c20-14-3-1-11-9-17-12(7-13(11)8-14)2-4-16-15(17)5-6-19-18(16)10-21-19;1-3-5-7-8-6-4-2;1-2/h1-10H;3,5-8H,1,4H2,2H3;1-2H3/b;7-5+,8-6+;. The topological polar surface area (TPSA) is 12.4 Å². The van der Waals surface area contributed by atoms with Gasteiger partial charge in [-0.2, -0.15) is 0 Å². The minimum atomic E-state index is -0.194. The minimum Gasteiger partial charge on any atom is -0.255 e. The summed E-state index contributed by atoms with van der Waals surface area (Å²) in [5.74, 6) is -0.194. The molecule has 0 fully saturated rings. The zero-order valence-corrected chi connectivity index (χ0v) is 18.4. The van der Waals surface area contributed by atoms with Gasteiger partial charge in [-0.25, -0.2) is 4.39 Å². The van der Waals surface area contributed by atoms with Crippen LogP contribution in [0.2, 0.25) is 0 Å². The maximum Gasteiger partial charge on any atom is 0.123 e. The van der Waals surface area contributed by atoms with Crippen molar-refractivity contribution in [3.8, 4) is 0 Å². The second kappa shape index (κ2) is 10.5. The molecule has 0 atom stereocenters. The van der Waals surface area contributed by atoms with E-state index in [4.69, 9.17) is 0 Å². The Balaban J connectivity index is 0.000000234. The van der Waals surface area contributed by atoms with E-state index in [1.165, 1.54) is 27.8 Å². The zero-order chi connectivity index (χ0) is 22.2. The Bertz CT molecular complexity index is 1310. The number of hydrogen-bond acceptors (Lipinski definition) is 1. The molecule has 0 saturated carbocycles. The Morgan fingerprint density at radius 2 is 1.58 bits per heavy atom. The average molecular weight is 410 g/mol. The van der Waals surface area contributed by atoms with E-state index in [1.54, 1.807) is 12.1 Å². The van der Waals surface area contributed by atoms with Gasteiger partial charge in [0, 0.05) is 11.8 Å². The van der Waals surface area contributed by atoms with Crippen LogP contribution >= 0.6 is 0 Å². The van der Waals surface area contributed by atoms with Gasteiger partial charge in [0.25, 0.3) is 0 Å². The van der Waals surface area contributed by atoms with Crippen molar-refractivity contribution in [1.29, 1.82) is 0 Å². The number of halogens is 1. The molecule has 0 spiro atoms. The first-order chi connectivity index (χ1) is 15.2. The van der Waals surface area contributed by atoms with Crippen LogP contribution < -0.4 is 0 Å². The van der Waals surface area contributed by atoms with E-state index in [9.17, 15) is 4.39 Å². The highest BCUT2D eigenvalue weighted by Gasteiger charge is 2.13. The first-order valence-electron chi connectivity index (χ1n) is 10.8. The highest BCUT2D eigenvalue weighted by molar-refractivity contribution is 6.19. The minimum absolute atomic E-state index is 0.194. The Hall–Kier alpha value is -3.52. The number of allylic oxidation sites excluding steroid dienone is 5. The quantitative estimate of drug-likeness (QED) is 0.160. The van der Waals surface area contributed by atoms with E-state index in [0.717, 1.165) is 28.3 Å². The molecule has 0 unspecified atom stereocenters. The molecule has 2 heteroatoms. The zero-order valence-electron chi connectivity index (χ0n) is 18.4. The van der Waals surface area contributed by atoms with Crippen molar-refractivity contribution in [2.45, 2.75) is 27.2 Å². The lowest BCUT2D eigenvalue weighted by Gasteiger charge is -2.14. The summed E-state index contributed by atoms with van der Waals surface area (Å²) in [6.07, 6.45) is 12.8. The summed E-state index contributed by atoms with van der Waals surface area (Å²) in [5.41, 5.74) is 2.28. The number of benzene rings is 4. The second-order valence-electron chi connectivity index (χ2n) is 6.94. The number of hydrogen-bond donors (Lipinski definition) is 0. The molecule has 0 aliphatic carbocycles. The van der Waals surface area contributed by atoms with Crippen LogP contribution in [0.3, 0.4) is 0 Å². The molecule has 0 amide bonds. The normalized spacial score (nSPS) is 11.7. The van der Waals surface area contributed by atoms with Crippen molar-refractivity contribution in [1.82, 2.24) is 0 Å². The molecule has 1 nitrogen and oxygen atoms in total. The van der Waals surface area contributed by atoms with Crippen LogP contribution in [-0.4, -0.2) is 6.21 Å². The van der Waals surface area contributed by atoms with Gasteiger partial charge in [0.15, 0.2) is 0 Å². The van der Waals surface area contributed by atoms with Crippen molar-refractivity contribution < 1.29 is 4.39 Å². The van der Waals surface area contributed by atoms with Gasteiger partial charge in [-0.1, -0.05) is 82.0 Å². The number of aliphatic imine (C=N–C) groups is 1. The Labute approximate surface area is 183 Å². The first kappa shape index (κ1) is 22.2. The largest absolute Gasteiger partial charge is 0.255 e. The molecular weight excluding hydrogens is 381 g/mol. The van der Waals surface area contributed by atoms with Crippen LogP contribution in [0.1, 0.15) is 32.8 Å². The molecule has 0 aromatic heterocycles. The van der Waals surface area contributed by atoms with Gasteiger partial charge in [-0.15, -0.1) is 0 Å². The van der Waals surface area contributed by atoms with E-state index in [-0.39, 0.29) is 5.82 Å². The first-order valence-corrected chi connectivity index (χ1v) is 10.8. The summed E-state index contributed by atoms with van der Waals surface area (Å²) >= 11 is 0. The lowest BCUT2D eigenvalue weighted by molar-refractivity contribution is 0.630. The Morgan fingerprint density at radius 3 is 2.29 bits per heavy atom. The molecule has 0 bridgehead atoms. The molecule has 156 valence electrons. The van der Waals surface area contributed by atoms with Crippen LogP contribution in [0.4, 0.5) is 10.1 Å². The third-order valence-corrected chi connectivity index (χ3v) is 5.02. The molecule has 4 aromatic carbocycles. The molecule has 0 radical (unpaired) electrons. The summed E-state index contributed by atoms with van der Waals surface area (Å²) in [5, 5.41) is 6.80. The number of rotatable bonds is 3. The van der Waals surface area contributed by atoms with Crippen LogP contribution in [0.25, 0.3) is 32.3 Å². The monoisotopic (exact) mass is 409 g/mol. The fraction of sp³-hybridized carbons (Fsp3) is 0.138. The van der Waals surface area contributed by atoms with Gasteiger partial charge < -0.3 is 0 Å². The van der Waals surface area contributed by atoms with Gasteiger partial charge >= 0.3 is 0 Å². The smallest absolute Gasteiger partial charge is 0.123 e. The summed E-state index contributed by atoms with van der Waals surface area (Å²) in [4.78, 5) is 4.26. The SMILES string of the molecule is C=C/C=C/C=C/CC.CC.Fc1ccc2cc3c(ccc4c5c(ccc43)N=C5)cc2c1. The van der Waals surface area contributed by atoms with Gasteiger partial charge in [0.1, 0.15) is 5.82 Å². The molecule has 1 heterocycles. The molecule has 0 saturated heterocycles. The number of fused-ring (bicyclic) bond motifs is 6. The highest BCUT2D eigenvalue weighted by Crippen LogP contribution is 2.37. The van der Waals surface area contributed by atoms with E-state index in [2.05, 4.69) is 61.0 Å². The van der Waals surface area contributed by atoms with Crippen LogP contribution in [-0.2, 0) is 0 Å². The maximum atomic E-state index is 13.4. The summed E-state index contributed by atoms with van der Waals surface area (Å²) in [6, 6.07) is 17.6. The molecular formula is C29H28FN. The second-order valence-corrected chi connectivity index (χ2v) is 6.94. The predicted octanol–water partition coefficient (Wildman–Crippen LogP) is 9.07. The lowest BCUT2D eigenvalue weighted by atomic mass is 9.94. The van der Waals surface area contributed by atoms with E-state index in [0.29, 0.717) is 0 Å². The lowest BCUT2D eigenvalue weighted by Crippen LogP contribution is -1.94. The highest BCUT2D eigenvalue weighted by atomic mass is 19.1. The predicted molar refractivity (Wildman–Crippen MR) is 136 cm³/mol. The fourth-order valence-electron chi connectivity index (χ4n) is 3.54. The van der Waals surface area contributed by atoms with Crippen molar-refractivity contribution in [2.24, 2.45) is 4.99 Å². The molecule has 5 rings (SSSR count). The molecule has 1 aliphatic rings. The van der Waals surface area contributed by atoms with Crippen molar-refractivity contribution in [2.75, 3.05) is 0 Å². The summed E-state index contributed by atoms with van der Waals surface area (Å²) in [6.45, 7) is 9.65. The number of nitrogens with zero attached hydrogens (tertiary/aromatic N) is 1. The molecule has 0 N–H and O–H groups in total. The van der Waals surface area contributed by atoms with E-state index >= 15 is 0 Å². The average Bonchev–Trinajstić information content (AvgIpc) is 2.77. The van der Waals surface area contributed by atoms with Gasteiger partial charge in [-0.05, 0) is 69.1 Å². The van der Waals surface area contributed by atoms with Gasteiger partial charge in [0.05, 0.1) is 5.69 Å². The Kier molecular flexibility index (Phi) is 7.50. The maximum absolute atomic E-state index is 13.4.